The minimum absolute atomic E-state index is 0.219. The standard InChI is InChI=1S/C19H25N3O2/c1-19(2,13-20)22-18(24)17-12-15(8-9-21-17)11-16(23)10-14-6-4-3-5-7-14/h8-9,12,14H,3-7,10-11H2,1-2H3,(H,22,24). The summed E-state index contributed by atoms with van der Waals surface area (Å²) >= 11 is 0. The van der Waals surface area contributed by atoms with Gasteiger partial charge in [-0.25, -0.2) is 0 Å². The Morgan fingerprint density at radius 1 is 1.33 bits per heavy atom. The van der Waals surface area contributed by atoms with Crippen LogP contribution in [0.4, 0.5) is 0 Å². The van der Waals surface area contributed by atoms with E-state index in [0.717, 1.165) is 18.4 Å². The van der Waals surface area contributed by atoms with Crippen molar-refractivity contribution >= 4 is 11.7 Å². The van der Waals surface area contributed by atoms with Crippen LogP contribution in [0.15, 0.2) is 18.3 Å². The van der Waals surface area contributed by atoms with Gasteiger partial charge in [0.25, 0.3) is 5.91 Å². The molecule has 2 rings (SSSR count). The van der Waals surface area contributed by atoms with Gasteiger partial charge < -0.3 is 5.32 Å². The van der Waals surface area contributed by atoms with Crippen molar-refractivity contribution in [3.63, 3.8) is 0 Å². The summed E-state index contributed by atoms with van der Waals surface area (Å²) in [6.45, 7) is 3.25. The van der Waals surface area contributed by atoms with E-state index in [1.54, 1.807) is 26.0 Å². The maximum absolute atomic E-state index is 12.3. The van der Waals surface area contributed by atoms with Crippen LogP contribution in [-0.2, 0) is 11.2 Å². The Labute approximate surface area is 143 Å². The molecule has 24 heavy (non-hydrogen) atoms. The van der Waals surface area contributed by atoms with Gasteiger partial charge in [0.1, 0.15) is 17.0 Å². The molecule has 1 aliphatic carbocycles. The fraction of sp³-hybridized carbons (Fsp3) is 0.579. The molecular formula is C19H25N3O2. The molecule has 1 saturated carbocycles. The first kappa shape index (κ1) is 18.1. The maximum atomic E-state index is 12.3. The normalized spacial score (nSPS) is 15.5. The number of nitrogens with zero attached hydrogens (tertiary/aromatic N) is 2. The number of nitriles is 1. The van der Waals surface area contributed by atoms with Crippen LogP contribution >= 0.6 is 0 Å². The number of carbonyl (C=O) groups excluding carboxylic acids is 2. The lowest BCUT2D eigenvalue weighted by molar-refractivity contribution is -0.119. The summed E-state index contributed by atoms with van der Waals surface area (Å²) in [5.41, 5.74) is 0.0815. The van der Waals surface area contributed by atoms with Gasteiger partial charge in [-0.2, -0.15) is 5.26 Å². The summed E-state index contributed by atoms with van der Waals surface area (Å²) in [6.07, 6.45) is 8.55. The van der Waals surface area contributed by atoms with E-state index in [1.807, 2.05) is 6.07 Å². The number of aromatic nitrogens is 1. The molecule has 1 aromatic rings. The van der Waals surface area contributed by atoms with Gasteiger partial charge in [-0.3, -0.25) is 14.6 Å². The van der Waals surface area contributed by atoms with E-state index in [-0.39, 0.29) is 11.5 Å². The average molecular weight is 327 g/mol. The lowest BCUT2D eigenvalue weighted by Crippen LogP contribution is -2.42. The number of ketones is 1. The molecule has 1 heterocycles. The third-order valence-corrected chi connectivity index (χ3v) is 4.40. The molecule has 0 saturated heterocycles. The molecule has 0 radical (unpaired) electrons. The molecule has 1 fully saturated rings. The number of rotatable bonds is 6. The van der Waals surface area contributed by atoms with Crippen LogP contribution in [0.2, 0.25) is 0 Å². The molecule has 0 spiro atoms. The minimum atomic E-state index is -0.953. The van der Waals surface area contributed by atoms with Crippen molar-refractivity contribution < 1.29 is 9.59 Å². The van der Waals surface area contributed by atoms with Crippen LogP contribution in [0.3, 0.4) is 0 Å². The van der Waals surface area contributed by atoms with E-state index in [4.69, 9.17) is 5.26 Å². The number of amides is 1. The highest BCUT2D eigenvalue weighted by molar-refractivity contribution is 5.93. The van der Waals surface area contributed by atoms with Gasteiger partial charge in [-0.05, 0) is 37.5 Å². The zero-order valence-corrected chi connectivity index (χ0v) is 14.5. The fourth-order valence-electron chi connectivity index (χ4n) is 3.10. The topological polar surface area (TPSA) is 82.9 Å². The molecule has 1 amide bonds. The van der Waals surface area contributed by atoms with Crippen molar-refractivity contribution in [1.82, 2.24) is 10.3 Å². The maximum Gasteiger partial charge on any atom is 0.271 e. The zero-order valence-electron chi connectivity index (χ0n) is 14.5. The highest BCUT2D eigenvalue weighted by Crippen LogP contribution is 2.26. The molecular weight excluding hydrogens is 302 g/mol. The molecule has 128 valence electrons. The third-order valence-electron chi connectivity index (χ3n) is 4.40. The molecule has 0 bridgehead atoms. The fourth-order valence-corrected chi connectivity index (χ4v) is 3.10. The third kappa shape index (κ3) is 5.45. The summed E-state index contributed by atoms with van der Waals surface area (Å²) in [6, 6.07) is 5.43. The molecule has 1 aliphatic rings. The predicted octanol–water partition coefficient (Wildman–Crippen LogP) is 3.20. The van der Waals surface area contributed by atoms with Crippen LogP contribution < -0.4 is 5.32 Å². The molecule has 0 atom stereocenters. The lowest BCUT2D eigenvalue weighted by Gasteiger charge is -2.20. The molecule has 1 N–H and O–H groups in total. The van der Waals surface area contributed by atoms with Gasteiger partial charge in [0.2, 0.25) is 0 Å². The highest BCUT2D eigenvalue weighted by Gasteiger charge is 2.22. The molecule has 0 aromatic carbocycles. The smallest absolute Gasteiger partial charge is 0.271 e. The number of Topliss-reactive ketones (excluding diaryl/α,β-unsaturated/α-hetero) is 1. The summed E-state index contributed by atoms with van der Waals surface area (Å²) in [4.78, 5) is 28.5. The van der Waals surface area contributed by atoms with E-state index in [1.165, 1.54) is 25.5 Å². The van der Waals surface area contributed by atoms with Gasteiger partial charge >= 0.3 is 0 Å². The number of hydrogen-bond acceptors (Lipinski definition) is 4. The molecule has 1 aromatic heterocycles. The second kappa shape index (κ2) is 8.05. The number of carbonyl (C=O) groups is 2. The molecule has 5 heteroatoms. The monoisotopic (exact) mass is 327 g/mol. The van der Waals surface area contributed by atoms with Crippen LogP contribution in [0.5, 0.6) is 0 Å². The Kier molecular flexibility index (Phi) is 6.08. The Hall–Kier alpha value is -2.22. The first-order valence-corrected chi connectivity index (χ1v) is 8.60. The van der Waals surface area contributed by atoms with Gasteiger partial charge in [-0.1, -0.05) is 32.1 Å². The van der Waals surface area contributed by atoms with Crippen molar-refractivity contribution in [3.8, 4) is 6.07 Å². The van der Waals surface area contributed by atoms with E-state index < -0.39 is 11.4 Å². The van der Waals surface area contributed by atoms with Crippen molar-refractivity contribution in [2.75, 3.05) is 0 Å². The van der Waals surface area contributed by atoms with E-state index in [9.17, 15) is 9.59 Å². The Bertz CT molecular complexity index is 640. The van der Waals surface area contributed by atoms with Crippen molar-refractivity contribution in [3.05, 3.63) is 29.6 Å². The van der Waals surface area contributed by atoms with E-state index >= 15 is 0 Å². The average Bonchev–Trinajstić information content (AvgIpc) is 2.55. The highest BCUT2D eigenvalue weighted by atomic mass is 16.2. The molecule has 0 unspecified atom stereocenters. The summed E-state index contributed by atoms with van der Waals surface area (Å²) in [5.74, 6) is 0.340. The second-order valence-electron chi connectivity index (χ2n) is 7.16. The van der Waals surface area contributed by atoms with Gasteiger partial charge in [0.05, 0.1) is 6.07 Å². The van der Waals surface area contributed by atoms with Gasteiger partial charge in [0.15, 0.2) is 0 Å². The van der Waals surface area contributed by atoms with Gasteiger partial charge in [0, 0.05) is 19.0 Å². The van der Waals surface area contributed by atoms with Crippen LogP contribution in [-0.4, -0.2) is 22.2 Å². The first-order valence-electron chi connectivity index (χ1n) is 8.60. The van der Waals surface area contributed by atoms with Crippen LogP contribution in [0.25, 0.3) is 0 Å². The summed E-state index contributed by atoms with van der Waals surface area (Å²) < 4.78 is 0. The lowest BCUT2D eigenvalue weighted by atomic mass is 9.85. The Morgan fingerprint density at radius 2 is 2.04 bits per heavy atom. The van der Waals surface area contributed by atoms with Crippen molar-refractivity contribution in [1.29, 1.82) is 5.26 Å². The number of hydrogen-bond donors (Lipinski definition) is 1. The molecule has 0 aliphatic heterocycles. The minimum Gasteiger partial charge on any atom is -0.333 e. The zero-order chi connectivity index (χ0) is 17.6. The number of pyridine rings is 1. The van der Waals surface area contributed by atoms with Crippen molar-refractivity contribution in [2.45, 2.75) is 64.3 Å². The SMILES string of the molecule is CC(C)(C#N)NC(=O)c1cc(CC(=O)CC2CCCCC2)ccn1. The van der Waals surface area contributed by atoms with Crippen LogP contribution in [0, 0.1) is 17.2 Å². The Balaban J connectivity index is 1.95. The van der Waals surface area contributed by atoms with Gasteiger partial charge in [-0.15, -0.1) is 0 Å². The summed E-state index contributed by atoms with van der Waals surface area (Å²) in [5, 5.41) is 11.6. The largest absolute Gasteiger partial charge is 0.333 e. The summed E-state index contributed by atoms with van der Waals surface area (Å²) in [7, 11) is 0. The molecule has 5 nitrogen and oxygen atoms in total. The van der Waals surface area contributed by atoms with E-state index in [0.29, 0.717) is 18.8 Å². The second-order valence-corrected chi connectivity index (χ2v) is 7.16. The van der Waals surface area contributed by atoms with Crippen LogP contribution in [0.1, 0.15) is 68.4 Å². The predicted molar refractivity (Wildman–Crippen MR) is 91.3 cm³/mol. The number of nitrogens with one attached hydrogen (secondary N) is 1. The van der Waals surface area contributed by atoms with Crippen molar-refractivity contribution in [2.24, 2.45) is 5.92 Å². The van der Waals surface area contributed by atoms with E-state index in [2.05, 4.69) is 10.3 Å². The quantitative estimate of drug-likeness (QED) is 0.869. The Morgan fingerprint density at radius 3 is 2.71 bits per heavy atom. The first-order chi connectivity index (χ1) is 11.4.